The Labute approximate surface area is 129 Å². The summed E-state index contributed by atoms with van der Waals surface area (Å²) >= 11 is 0. The highest BCUT2D eigenvalue weighted by Crippen LogP contribution is 2.63. The maximum absolute atomic E-state index is 11.1. The van der Waals surface area contributed by atoms with E-state index in [0.29, 0.717) is 5.41 Å². The van der Waals surface area contributed by atoms with Crippen molar-refractivity contribution in [3.63, 3.8) is 0 Å². The quantitative estimate of drug-likeness (QED) is 0.381. The molecule has 0 aliphatic heterocycles. The number of hydrogen-bond acceptors (Lipinski definition) is 1. The number of hydrogen-bond donors (Lipinski definition) is 0. The SMILES string of the molecule is C/C=C\C1(C)/C(=C\C=O)CCC2C3CCCC3(C)CCC21. The lowest BCUT2D eigenvalue weighted by Gasteiger charge is -2.55. The fourth-order valence-corrected chi connectivity index (χ4v) is 6.18. The fourth-order valence-electron chi connectivity index (χ4n) is 6.18. The predicted octanol–water partition coefficient (Wildman–Crippen LogP) is 5.32. The summed E-state index contributed by atoms with van der Waals surface area (Å²) in [5.41, 5.74) is 2.10. The highest BCUT2D eigenvalue weighted by molar-refractivity contribution is 5.67. The summed E-state index contributed by atoms with van der Waals surface area (Å²) in [7, 11) is 0. The lowest BCUT2D eigenvalue weighted by molar-refractivity contribution is -0.104. The van der Waals surface area contributed by atoms with E-state index in [2.05, 4.69) is 32.9 Å². The van der Waals surface area contributed by atoms with E-state index in [1.54, 1.807) is 0 Å². The Kier molecular flexibility index (Phi) is 3.88. The van der Waals surface area contributed by atoms with Gasteiger partial charge in [-0.25, -0.2) is 0 Å². The second-order valence-corrected chi connectivity index (χ2v) is 8.11. The van der Waals surface area contributed by atoms with Crippen molar-refractivity contribution in [3.05, 3.63) is 23.8 Å². The molecule has 3 aliphatic carbocycles. The molecule has 0 N–H and O–H groups in total. The molecule has 3 rings (SSSR count). The summed E-state index contributed by atoms with van der Waals surface area (Å²) in [5.74, 6) is 2.54. The molecule has 1 heteroatoms. The van der Waals surface area contributed by atoms with E-state index < -0.39 is 0 Å². The monoisotopic (exact) mass is 286 g/mol. The first-order chi connectivity index (χ1) is 10.0. The summed E-state index contributed by atoms with van der Waals surface area (Å²) in [5, 5.41) is 0. The van der Waals surface area contributed by atoms with E-state index in [1.807, 2.05) is 6.08 Å². The van der Waals surface area contributed by atoms with Crippen LogP contribution in [0.3, 0.4) is 0 Å². The van der Waals surface area contributed by atoms with Crippen LogP contribution >= 0.6 is 0 Å². The van der Waals surface area contributed by atoms with Crippen LogP contribution in [0.15, 0.2) is 23.8 Å². The smallest absolute Gasteiger partial charge is 0.142 e. The Bertz CT molecular complexity index is 474. The van der Waals surface area contributed by atoms with Crippen molar-refractivity contribution < 1.29 is 4.79 Å². The van der Waals surface area contributed by atoms with Gasteiger partial charge in [-0.15, -0.1) is 0 Å². The maximum atomic E-state index is 11.1. The van der Waals surface area contributed by atoms with Crippen LogP contribution in [0.4, 0.5) is 0 Å². The zero-order chi connectivity index (χ0) is 15.1. The molecule has 0 bridgehead atoms. The normalized spacial score (nSPS) is 48.3. The van der Waals surface area contributed by atoms with Gasteiger partial charge in [-0.05, 0) is 74.7 Å². The van der Waals surface area contributed by atoms with Crippen LogP contribution in [0.1, 0.15) is 65.7 Å². The topological polar surface area (TPSA) is 17.1 Å². The lowest BCUT2D eigenvalue weighted by atomic mass is 9.49. The van der Waals surface area contributed by atoms with Crippen molar-refractivity contribution in [3.8, 4) is 0 Å². The van der Waals surface area contributed by atoms with Crippen molar-refractivity contribution >= 4 is 6.29 Å². The van der Waals surface area contributed by atoms with Gasteiger partial charge in [0.05, 0.1) is 0 Å². The minimum absolute atomic E-state index is 0.114. The maximum Gasteiger partial charge on any atom is 0.142 e. The van der Waals surface area contributed by atoms with E-state index in [1.165, 1.54) is 44.1 Å². The molecule has 5 unspecified atom stereocenters. The molecule has 5 atom stereocenters. The molecule has 0 aromatic carbocycles. The van der Waals surface area contributed by atoms with E-state index in [9.17, 15) is 4.79 Å². The van der Waals surface area contributed by atoms with Gasteiger partial charge in [-0.2, -0.15) is 0 Å². The molecule has 0 heterocycles. The molecule has 0 aromatic heterocycles. The summed E-state index contributed by atoms with van der Waals surface area (Å²) in [4.78, 5) is 11.1. The number of rotatable bonds is 2. The van der Waals surface area contributed by atoms with Gasteiger partial charge in [0.25, 0.3) is 0 Å². The largest absolute Gasteiger partial charge is 0.299 e. The van der Waals surface area contributed by atoms with Gasteiger partial charge in [-0.3, -0.25) is 4.79 Å². The van der Waals surface area contributed by atoms with Crippen molar-refractivity contribution in [1.82, 2.24) is 0 Å². The Balaban J connectivity index is 1.97. The molecule has 0 radical (unpaired) electrons. The molecule has 3 aliphatic rings. The molecular formula is C20H30O. The number of aldehydes is 1. The molecule has 21 heavy (non-hydrogen) atoms. The van der Waals surface area contributed by atoms with Crippen LogP contribution in [0, 0.1) is 28.6 Å². The first-order valence-corrected chi connectivity index (χ1v) is 8.84. The average Bonchev–Trinajstić information content (AvgIpc) is 2.84. The molecule has 116 valence electrons. The van der Waals surface area contributed by atoms with Gasteiger partial charge in [0.2, 0.25) is 0 Å². The number of allylic oxidation sites excluding steroid dienone is 4. The van der Waals surface area contributed by atoms with Crippen LogP contribution in [0.5, 0.6) is 0 Å². The van der Waals surface area contributed by atoms with Gasteiger partial charge in [0.15, 0.2) is 0 Å². The third-order valence-corrected chi connectivity index (χ3v) is 7.21. The summed E-state index contributed by atoms with van der Waals surface area (Å²) in [6.45, 7) is 7.05. The second-order valence-electron chi connectivity index (χ2n) is 8.11. The zero-order valence-corrected chi connectivity index (χ0v) is 13.9. The molecule has 1 nitrogen and oxygen atoms in total. The Hall–Kier alpha value is -0.850. The number of carbonyl (C=O) groups is 1. The fraction of sp³-hybridized carbons (Fsp3) is 0.750. The van der Waals surface area contributed by atoms with Gasteiger partial charge >= 0.3 is 0 Å². The van der Waals surface area contributed by atoms with Crippen LogP contribution in [-0.2, 0) is 4.79 Å². The van der Waals surface area contributed by atoms with Gasteiger partial charge < -0.3 is 0 Å². The van der Waals surface area contributed by atoms with Crippen molar-refractivity contribution in [2.24, 2.45) is 28.6 Å². The average molecular weight is 286 g/mol. The molecular weight excluding hydrogens is 256 g/mol. The van der Waals surface area contributed by atoms with E-state index in [4.69, 9.17) is 0 Å². The third-order valence-electron chi connectivity index (χ3n) is 7.21. The third kappa shape index (κ3) is 2.24. The van der Waals surface area contributed by atoms with Crippen LogP contribution in [0.2, 0.25) is 0 Å². The van der Waals surface area contributed by atoms with E-state index in [0.717, 1.165) is 30.5 Å². The first kappa shape index (κ1) is 15.1. The molecule has 3 saturated carbocycles. The van der Waals surface area contributed by atoms with Crippen molar-refractivity contribution in [2.45, 2.75) is 65.7 Å². The van der Waals surface area contributed by atoms with Crippen molar-refractivity contribution in [2.75, 3.05) is 0 Å². The Morgan fingerprint density at radius 2 is 1.90 bits per heavy atom. The van der Waals surface area contributed by atoms with Crippen molar-refractivity contribution in [1.29, 1.82) is 0 Å². The number of fused-ring (bicyclic) bond motifs is 3. The molecule has 3 fully saturated rings. The van der Waals surface area contributed by atoms with Crippen LogP contribution in [0.25, 0.3) is 0 Å². The zero-order valence-electron chi connectivity index (χ0n) is 13.9. The molecule has 0 spiro atoms. The summed E-state index contributed by atoms with van der Waals surface area (Å²) in [6.07, 6.45) is 16.9. The second kappa shape index (κ2) is 5.41. The molecule has 0 aromatic rings. The lowest BCUT2D eigenvalue weighted by Crippen LogP contribution is -2.47. The van der Waals surface area contributed by atoms with Crippen LogP contribution < -0.4 is 0 Å². The highest BCUT2D eigenvalue weighted by atomic mass is 16.1. The summed E-state index contributed by atoms with van der Waals surface area (Å²) in [6, 6.07) is 0. The van der Waals surface area contributed by atoms with Crippen LogP contribution in [-0.4, -0.2) is 6.29 Å². The minimum Gasteiger partial charge on any atom is -0.299 e. The predicted molar refractivity (Wildman–Crippen MR) is 88.0 cm³/mol. The highest BCUT2D eigenvalue weighted by Gasteiger charge is 2.54. The van der Waals surface area contributed by atoms with E-state index in [-0.39, 0.29) is 5.41 Å². The number of carbonyl (C=O) groups excluding carboxylic acids is 1. The van der Waals surface area contributed by atoms with Gasteiger partial charge in [0, 0.05) is 5.41 Å². The van der Waals surface area contributed by atoms with Gasteiger partial charge in [-0.1, -0.05) is 38.0 Å². The Morgan fingerprint density at radius 1 is 1.10 bits per heavy atom. The Morgan fingerprint density at radius 3 is 2.62 bits per heavy atom. The summed E-state index contributed by atoms with van der Waals surface area (Å²) < 4.78 is 0. The van der Waals surface area contributed by atoms with E-state index >= 15 is 0 Å². The molecule has 0 saturated heterocycles. The molecule has 0 amide bonds. The van der Waals surface area contributed by atoms with Gasteiger partial charge in [0.1, 0.15) is 6.29 Å². The standard InChI is InChI=1S/C20H30O/c1-4-11-20(3)15(10-14-21)7-8-16-17-6-5-12-19(17,2)13-9-18(16)20/h4,10-11,14,16-18H,5-9,12-13H2,1-3H3/b11-4-,15-10-. The minimum atomic E-state index is 0.114. The first-order valence-electron chi connectivity index (χ1n) is 8.84.